The summed E-state index contributed by atoms with van der Waals surface area (Å²) in [7, 11) is 1.67. The standard InChI is InChI=1S/C27H27N3O4S2/c1-15-24(26(31)29-16-5-6-16)19-8-7-18(12-22(19)35-15)34-21-9-10-28-20-13-23(36-25(20)21)27(32)30-11-3-4-17(30)14-33-2/h7-10,12-13,16-17H,3-6,11,14H2,1-2H3,(H,29,31)/t17-/m0/s1. The van der Waals surface area contributed by atoms with Crippen molar-refractivity contribution in [3.63, 3.8) is 0 Å². The van der Waals surface area contributed by atoms with Crippen LogP contribution in [0.2, 0.25) is 0 Å². The maximum Gasteiger partial charge on any atom is 0.264 e. The molecule has 1 aliphatic carbocycles. The van der Waals surface area contributed by atoms with Gasteiger partial charge in [-0.05, 0) is 56.9 Å². The van der Waals surface area contributed by atoms with Gasteiger partial charge in [0, 0.05) is 46.9 Å². The SMILES string of the molecule is COC[C@@H]1CCCN1C(=O)c1cc2nccc(Oc3ccc4c(C(=O)NC5CC5)c(C)sc4c3)c2s1. The highest BCUT2D eigenvalue weighted by Crippen LogP contribution is 2.39. The molecular weight excluding hydrogens is 494 g/mol. The van der Waals surface area contributed by atoms with E-state index in [0.717, 1.165) is 63.0 Å². The Balaban J connectivity index is 1.27. The average Bonchev–Trinajstić information content (AvgIpc) is 3.25. The summed E-state index contributed by atoms with van der Waals surface area (Å²) in [6.45, 7) is 3.29. The molecule has 0 radical (unpaired) electrons. The highest BCUT2D eigenvalue weighted by molar-refractivity contribution is 7.21. The van der Waals surface area contributed by atoms with Crippen LogP contribution in [0.4, 0.5) is 0 Å². The smallest absolute Gasteiger partial charge is 0.264 e. The van der Waals surface area contributed by atoms with Crippen molar-refractivity contribution in [2.45, 2.75) is 44.7 Å². The van der Waals surface area contributed by atoms with E-state index in [1.54, 1.807) is 24.6 Å². The Morgan fingerprint density at radius 2 is 2.03 bits per heavy atom. The molecule has 4 heterocycles. The van der Waals surface area contributed by atoms with Gasteiger partial charge in [-0.15, -0.1) is 22.7 Å². The topological polar surface area (TPSA) is 80.8 Å². The predicted molar refractivity (Wildman–Crippen MR) is 143 cm³/mol. The Labute approximate surface area is 217 Å². The summed E-state index contributed by atoms with van der Waals surface area (Å²) in [5.41, 5.74) is 1.50. The van der Waals surface area contributed by atoms with E-state index >= 15 is 0 Å². The number of likely N-dealkylation sites (tertiary alicyclic amines) is 1. The first-order valence-corrected chi connectivity index (χ1v) is 13.9. The third kappa shape index (κ3) is 4.36. The molecular formula is C27H27N3O4S2. The molecule has 7 nitrogen and oxygen atoms in total. The van der Waals surface area contributed by atoms with Gasteiger partial charge in [0.15, 0.2) is 0 Å². The van der Waals surface area contributed by atoms with Gasteiger partial charge < -0.3 is 19.7 Å². The molecule has 1 N–H and O–H groups in total. The molecule has 0 unspecified atom stereocenters. The van der Waals surface area contributed by atoms with Crippen LogP contribution in [0, 0.1) is 6.92 Å². The number of thiophene rings is 2. The number of hydrogen-bond donors (Lipinski definition) is 1. The van der Waals surface area contributed by atoms with Gasteiger partial charge >= 0.3 is 0 Å². The molecule has 36 heavy (non-hydrogen) atoms. The maximum absolute atomic E-state index is 13.3. The van der Waals surface area contributed by atoms with E-state index in [2.05, 4.69) is 10.3 Å². The molecule has 6 rings (SSSR count). The molecule has 3 aromatic heterocycles. The van der Waals surface area contributed by atoms with E-state index < -0.39 is 0 Å². The molecule has 4 aromatic rings. The molecule has 186 valence electrons. The molecule has 9 heteroatoms. The predicted octanol–water partition coefficient (Wildman–Crippen LogP) is 5.75. The lowest BCUT2D eigenvalue weighted by Crippen LogP contribution is -2.37. The zero-order chi connectivity index (χ0) is 24.8. The van der Waals surface area contributed by atoms with Gasteiger partial charge in [-0.2, -0.15) is 0 Å². The Morgan fingerprint density at radius 1 is 1.17 bits per heavy atom. The van der Waals surface area contributed by atoms with E-state index in [1.165, 1.54) is 11.3 Å². The second-order valence-electron chi connectivity index (χ2n) is 9.43. The molecule has 1 aliphatic heterocycles. The van der Waals surface area contributed by atoms with Crippen molar-refractivity contribution >= 4 is 54.8 Å². The van der Waals surface area contributed by atoms with Crippen molar-refractivity contribution in [2.24, 2.45) is 0 Å². The average molecular weight is 522 g/mol. The number of aryl methyl sites for hydroxylation is 1. The molecule has 2 amide bonds. The summed E-state index contributed by atoms with van der Waals surface area (Å²) in [4.78, 5) is 34.1. The minimum absolute atomic E-state index is 0.00674. The summed E-state index contributed by atoms with van der Waals surface area (Å²) in [6, 6.07) is 9.96. The number of carbonyl (C=O) groups is 2. The number of pyridine rings is 1. The zero-order valence-electron chi connectivity index (χ0n) is 20.2. The van der Waals surface area contributed by atoms with Crippen LogP contribution in [0.3, 0.4) is 0 Å². The number of carbonyl (C=O) groups excluding carboxylic acids is 2. The van der Waals surface area contributed by atoms with Crippen LogP contribution in [0.1, 0.15) is 50.6 Å². The lowest BCUT2D eigenvalue weighted by molar-refractivity contribution is 0.0635. The van der Waals surface area contributed by atoms with Crippen molar-refractivity contribution in [3.05, 3.63) is 51.8 Å². The lowest BCUT2D eigenvalue weighted by atomic mass is 10.1. The maximum atomic E-state index is 13.3. The minimum atomic E-state index is 0.00674. The molecule has 1 aromatic carbocycles. The second-order valence-corrected chi connectivity index (χ2v) is 11.7. The number of benzene rings is 1. The van der Waals surface area contributed by atoms with Gasteiger partial charge in [-0.25, -0.2) is 0 Å². The second kappa shape index (κ2) is 9.46. The fourth-order valence-electron chi connectivity index (χ4n) is 4.87. The van der Waals surface area contributed by atoms with Gasteiger partial charge in [-0.3, -0.25) is 14.6 Å². The minimum Gasteiger partial charge on any atom is -0.456 e. The van der Waals surface area contributed by atoms with E-state index in [1.807, 2.05) is 42.2 Å². The van der Waals surface area contributed by atoms with E-state index in [-0.39, 0.29) is 17.9 Å². The fourth-order valence-corrected chi connectivity index (χ4v) is 6.98. The van der Waals surface area contributed by atoms with Crippen LogP contribution in [0.5, 0.6) is 11.5 Å². The number of ether oxygens (including phenoxy) is 2. The Morgan fingerprint density at radius 3 is 2.83 bits per heavy atom. The molecule has 0 bridgehead atoms. The lowest BCUT2D eigenvalue weighted by Gasteiger charge is -2.23. The highest BCUT2D eigenvalue weighted by Gasteiger charge is 2.31. The van der Waals surface area contributed by atoms with Crippen LogP contribution >= 0.6 is 22.7 Å². The van der Waals surface area contributed by atoms with E-state index in [0.29, 0.717) is 29.0 Å². The van der Waals surface area contributed by atoms with Crippen LogP contribution in [0.15, 0.2) is 36.5 Å². The van der Waals surface area contributed by atoms with Crippen molar-refractivity contribution in [1.29, 1.82) is 0 Å². The number of hydrogen-bond acceptors (Lipinski definition) is 7. The first kappa shape index (κ1) is 23.4. The largest absolute Gasteiger partial charge is 0.456 e. The Kier molecular flexibility index (Phi) is 6.15. The van der Waals surface area contributed by atoms with E-state index in [4.69, 9.17) is 9.47 Å². The van der Waals surface area contributed by atoms with Gasteiger partial charge in [-0.1, -0.05) is 0 Å². The number of aromatic nitrogens is 1. The molecule has 1 saturated carbocycles. The molecule has 0 spiro atoms. The Bertz CT molecular complexity index is 1470. The summed E-state index contributed by atoms with van der Waals surface area (Å²) in [5.74, 6) is 1.38. The fraction of sp³-hybridized carbons (Fsp3) is 0.370. The third-order valence-electron chi connectivity index (χ3n) is 6.79. The molecule has 2 fully saturated rings. The quantitative estimate of drug-likeness (QED) is 0.335. The van der Waals surface area contributed by atoms with Gasteiger partial charge in [0.25, 0.3) is 11.8 Å². The van der Waals surface area contributed by atoms with Crippen molar-refractivity contribution in [3.8, 4) is 11.5 Å². The zero-order valence-corrected chi connectivity index (χ0v) is 21.8. The first-order valence-electron chi connectivity index (χ1n) is 12.2. The summed E-state index contributed by atoms with van der Waals surface area (Å²) < 4.78 is 13.5. The van der Waals surface area contributed by atoms with Crippen molar-refractivity contribution in [2.75, 3.05) is 20.3 Å². The number of methoxy groups -OCH3 is 1. The van der Waals surface area contributed by atoms with E-state index in [9.17, 15) is 9.59 Å². The monoisotopic (exact) mass is 521 g/mol. The van der Waals surface area contributed by atoms with Gasteiger partial charge in [0.2, 0.25) is 0 Å². The number of fused-ring (bicyclic) bond motifs is 2. The molecule has 1 atom stereocenters. The highest BCUT2D eigenvalue weighted by atomic mass is 32.1. The van der Waals surface area contributed by atoms with Gasteiger partial charge in [0.1, 0.15) is 11.5 Å². The van der Waals surface area contributed by atoms with Crippen LogP contribution in [-0.4, -0.2) is 54.0 Å². The number of amides is 2. The summed E-state index contributed by atoms with van der Waals surface area (Å²) >= 11 is 3.01. The van der Waals surface area contributed by atoms with Crippen molar-refractivity contribution in [1.82, 2.24) is 15.2 Å². The van der Waals surface area contributed by atoms with Crippen LogP contribution in [0.25, 0.3) is 20.3 Å². The number of nitrogens with zero attached hydrogens (tertiary/aromatic N) is 2. The molecule has 2 aliphatic rings. The molecule has 1 saturated heterocycles. The summed E-state index contributed by atoms with van der Waals surface area (Å²) in [6.07, 6.45) is 5.79. The summed E-state index contributed by atoms with van der Waals surface area (Å²) in [5, 5.41) is 4.05. The first-order chi connectivity index (χ1) is 17.5. The normalized spacial score (nSPS) is 17.7. The van der Waals surface area contributed by atoms with Crippen molar-refractivity contribution < 1.29 is 19.1 Å². The number of nitrogens with one attached hydrogen (secondary N) is 1. The van der Waals surface area contributed by atoms with Gasteiger partial charge in [0.05, 0.1) is 33.3 Å². The van der Waals surface area contributed by atoms with Crippen LogP contribution < -0.4 is 10.1 Å². The Hall–Kier alpha value is -3.01. The third-order valence-corrected chi connectivity index (χ3v) is 8.98. The van der Waals surface area contributed by atoms with Crippen LogP contribution in [-0.2, 0) is 4.74 Å². The number of rotatable bonds is 7.